The number of aryl methyl sites for hydroxylation is 1. The number of benzene rings is 2. The highest BCUT2D eigenvalue weighted by atomic mass is 16.5. The fourth-order valence-electron chi connectivity index (χ4n) is 4.99. The highest BCUT2D eigenvalue weighted by molar-refractivity contribution is 5.53. The Kier molecular flexibility index (Phi) is 6.22. The number of fused-ring (bicyclic) bond motifs is 1. The van der Waals surface area contributed by atoms with E-state index >= 15 is 0 Å². The molecule has 2 aromatic rings. The molecule has 2 unspecified atom stereocenters. The van der Waals surface area contributed by atoms with E-state index in [0.717, 1.165) is 50.0 Å². The SMILES string of the molecule is N#CC(C#N)(C#N)c1ccccc1CCC1CC(c2ccc3c(c2)CCO3)CN1CC=O. The van der Waals surface area contributed by atoms with Crippen molar-refractivity contribution in [1.29, 1.82) is 15.8 Å². The van der Waals surface area contributed by atoms with Gasteiger partial charge in [-0.2, -0.15) is 15.8 Å². The summed E-state index contributed by atoms with van der Waals surface area (Å²) >= 11 is 0. The topological polar surface area (TPSA) is 101 Å². The van der Waals surface area contributed by atoms with Gasteiger partial charge in [0.25, 0.3) is 5.41 Å². The van der Waals surface area contributed by atoms with Gasteiger partial charge in [0, 0.05) is 24.6 Å². The summed E-state index contributed by atoms with van der Waals surface area (Å²) < 4.78 is 5.63. The number of carbonyl (C=O) groups excluding carboxylic acids is 1. The van der Waals surface area contributed by atoms with Crippen molar-refractivity contribution in [1.82, 2.24) is 4.90 Å². The van der Waals surface area contributed by atoms with Crippen molar-refractivity contribution < 1.29 is 9.53 Å². The van der Waals surface area contributed by atoms with E-state index < -0.39 is 5.41 Å². The number of rotatable bonds is 7. The van der Waals surface area contributed by atoms with Crippen LogP contribution in [0.5, 0.6) is 5.75 Å². The van der Waals surface area contributed by atoms with Crippen LogP contribution < -0.4 is 4.74 Å². The molecule has 2 aliphatic rings. The van der Waals surface area contributed by atoms with Crippen LogP contribution in [0.4, 0.5) is 0 Å². The summed E-state index contributed by atoms with van der Waals surface area (Å²) in [6.45, 7) is 1.94. The number of hydrogen-bond acceptors (Lipinski definition) is 6. The van der Waals surface area contributed by atoms with Crippen LogP contribution in [0, 0.1) is 34.0 Å². The maximum atomic E-state index is 11.3. The fourth-order valence-corrected chi connectivity index (χ4v) is 4.99. The average Bonchev–Trinajstić information content (AvgIpc) is 3.46. The van der Waals surface area contributed by atoms with Crippen LogP contribution in [0.25, 0.3) is 0 Å². The Morgan fingerprint density at radius 1 is 1.12 bits per heavy atom. The molecule has 0 aliphatic carbocycles. The third kappa shape index (κ3) is 3.96. The fraction of sp³-hybridized carbons (Fsp3) is 0.385. The Morgan fingerprint density at radius 3 is 2.66 bits per heavy atom. The number of aldehydes is 1. The van der Waals surface area contributed by atoms with Crippen molar-refractivity contribution in [3.63, 3.8) is 0 Å². The molecule has 6 nitrogen and oxygen atoms in total. The quantitative estimate of drug-likeness (QED) is 0.631. The second kappa shape index (κ2) is 9.23. The molecule has 0 aromatic heterocycles. The highest BCUT2D eigenvalue weighted by Gasteiger charge is 2.36. The molecule has 32 heavy (non-hydrogen) atoms. The summed E-state index contributed by atoms with van der Waals surface area (Å²) in [5.41, 5.74) is 2.03. The second-order valence-electron chi connectivity index (χ2n) is 8.45. The minimum atomic E-state index is -1.80. The molecule has 0 bridgehead atoms. The summed E-state index contributed by atoms with van der Waals surface area (Å²) in [7, 11) is 0. The average molecular weight is 425 g/mol. The standard InChI is InChI=1S/C26H24N4O2/c27-16-26(17-28,18-29)24-4-2-1-3-19(24)5-7-23-14-22(15-30(23)10-11-31)20-6-8-25-21(13-20)9-12-32-25/h1-4,6,8,11,13,22-23H,5,7,9-10,12,14-15H2. The monoisotopic (exact) mass is 424 g/mol. The molecule has 1 fully saturated rings. The van der Waals surface area contributed by atoms with E-state index in [9.17, 15) is 20.6 Å². The molecule has 160 valence electrons. The van der Waals surface area contributed by atoms with Gasteiger partial charge in [-0.1, -0.05) is 36.4 Å². The van der Waals surface area contributed by atoms with Gasteiger partial charge in [0.15, 0.2) is 0 Å². The van der Waals surface area contributed by atoms with Gasteiger partial charge in [0.2, 0.25) is 0 Å². The van der Waals surface area contributed by atoms with E-state index in [1.807, 2.05) is 30.3 Å². The first kappa shape index (κ1) is 21.6. The molecule has 0 saturated carbocycles. The Hall–Kier alpha value is -3.66. The maximum Gasteiger partial charge on any atom is 0.253 e. The van der Waals surface area contributed by atoms with Crippen LogP contribution in [-0.4, -0.2) is 36.9 Å². The molecule has 6 heteroatoms. The lowest BCUT2D eigenvalue weighted by Crippen LogP contribution is -2.32. The van der Waals surface area contributed by atoms with Gasteiger partial charge in [-0.15, -0.1) is 0 Å². The van der Waals surface area contributed by atoms with E-state index in [-0.39, 0.29) is 6.04 Å². The summed E-state index contributed by atoms with van der Waals surface area (Å²) in [4.78, 5) is 13.5. The smallest absolute Gasteiger partial charge is 0.253 e. The predicted octanol–water partition coefficient (Wildman–Crippen LogP) is 3.42. The molecule has 1 saturated heterocycles. The molecule has 2 atom stereocenters. The van der Waals surface area contributed by atoms with Crippen molar-refractivity contribution >= 4 is 6.29 Å². The van der Waals surface area contributed by atoms with E-state index in [0.29, 0.717) is 24.4 Å². The van der Waals surface area contributed by atoms with Crippen LogP contribution >= 0.6 is 0 Å². The lowest BCUT2D eigenvalue weighted by molar-refractivity contribution is -0.109. The molecule has 0 amide bonds. The van der Waals surface area contributed by atoms with Gasteiger partial charge in [-0.3, -0.25) is 4.90 Å². The Bertz CT molecular complexity index is 1100. The minimum Gasteiger partial charge on any atom is -0.493 e. The van der Waals surface area contributed by atoms with Crippen molar-refractivity contribution in [3.05, 3.63) is 64.7 Å². The van der Waals surface area contributed by atoms with Gasteiger partial charge in [0.1, 0.15) is 30.2 Å². The zero-order valence-corrected chi connectivity index (χ0v) is 17.8. The van der Waals surface area contributed by atoms with Crippen LogP contribution in [0.1, 0.15) is 41.0 Å². The second-order valence-corrected chi connectivity index (χ2v) is 8.45. The Balaban J connectivity index is 1.52. The molecular weight excluding hydrogens is 400 g/mol. The third-order valence-electron chi connectivity index (χ3n) is 6.69. The van der Waals surface area contributed by atoms with Crippen LogP contribution in [0.3, 0.4) is 0 Å². The highest BCUT2D eigenvalue weighted by Crippen LogP contribution is 2.37. The third-order valence-corrected chi connectivity index (χ3v) is 6.69. The molecule has 2 aromatic carbocycles. The summed E-state index contributed by atoms with van der Waals surface area (Å²) in [5, 5.41) is 28.6. The minimum absolute atomic E-state index is 0.211. The van der Waals surface area contributed by atoms with Gasteiger partial charge in [-0.25, -0.2) is 0 Å². The lowest BCUT2D eigenvalue weighted by Gasteiger charge is -2.23. The van der Waals surface area contributed by atoms with Crippen LogP contribution in [-0.2, 0) is 23.1 Å². The number of nitrogens with zero attached hydrogens (tertiary/aromatic N) is 4. The largest absolute Gasteiger partial charge is 0.493 e. The molecule has 0 radical (unpaired) electrons. The van der Waals surface area contributed by atoms with Crippen LogP contribution in [0.2, 0.25) is 0 Å². The Labute approximate surface area is 188 Å². The predicted molar refractivity (Wildman–Crippen MR) is 118 cm³/mol. The number of ether oxygens (including phenoxy) is 1. The number of likely N-dealkylation sites (tertiary alicyclic amines) is 1. The van der Waals surface area contributed by atoms with E-state index in [2.05, 4.69) is 23.1 Å². The Morgan fingerprint density at radius 2 is 1.91 bits per heavy atom. The number of carbonyl (C=O) groups is 1. The van der Waals surface area contributed by atoms with Gasteiger partial charge in [0.05, 0.1) is 13.2 Å². The van der Waals surface area contributed by atoms with E-state index in [4.69, 9.17) is 4.74 Å². The number of nitriles is 3. The van der Waals surface area contributed by atoms with E-state index in [1.165, 1.54) is 11.1 Å². The lowest BCUT2D eigenvalue weighted by atomic mass is 9.80. The first-order chi connectivity index (χ1) is 15.6. The molecule has 2 heterocycles. The van der Waals surface area contributed by atoms with Crippen molar-refractivity contribution in [3.8, 4) is 24.0 Å². The van der Waals surface area contributed by atoms with Crippen molar-refractivity contribution in [2.24, 2.45) is 0 Å². The van der Waals surface area contributed by atoms with Crippen LogP contribution in [0.15, 0.2) is 42.5 Å². The summed E-state index contributed by atoms with van der Waals surface area (Å²) in [6.07, 6.45) is 4.25. The summed E-state index contributed by atoms with van der Waals surface area (Å²) in [5.74, 6) is 1.32. The molecule has 0 spiro atoms. The van der Waals surface area contributed by atoms with Crippen molar-refractivity contribution in [2.45, 2.75) is 43.1 Å². The normalized spacial score (nSPS) is 19.9. The number of hydrogen-bond donors (Lipinski definition) is 0. The van der Waals surface area contributed by atoms with Gasteiger partial charge in [-0.05, 0) is 47.9 Å². The first-order valence-corrected chi connectivity index (χ1v) is 10.9. The maximum absolute atomic E-state index is 11.3. The van der Waals surface area contributed by atoms with Crippen molar-refractivity contribution in [2.75, 3.05) is 19.7 Å². The zero-order chi connectivity index (χ0) is 22.6. The first-order valence-electron chi connectivity index (χ1n) is 10.9. The molecule has 4 rings (SSSR count). The summed E-state index contributed by atoms with van der Waals surface area (Å²) in [6, 6.07) is 19.5. The van der Waals surface area contributed by atoms with E-state index in [1.54, 1.807) is 12.1 Å². The molecule has 2 aliphatic heterocycles. The van der Waals surface area contributed by atoms with Gasteiger partial charge < -0.3 is 9.53 Å². The molecular formula is C26H24N4O2. The van der Waals surface area contributed by atoms with Gasteiger partial charge >= 0.3 is 0 Å². The molecule has 0 N–H and O–H groups in total. The zero-order valence-electron chi connectivity index (χ0n) is 17.8.